The van der Waals surface area contributed by atoms with Gasteiger partial charge in [-0.1, -0.05) is 0 Å². The smallest absolute Gasteiger partial charge is 0.314 e. The summed E-state index contributed by atoms with van der Waals surface area (Å²) in [6.07, 6.45) is 0. The van der Waals surface area contributed by atoms with Gasteiger partial charge in [0.1, 0.15) is 23.9 Å². The number of hydrogen-bond acceptors (Lipinski definition) is 6. The number of hydrogen-bond donors (Lipinski definition) is 0. The van der Waals surface area contributed by atoms with Crippen LogP contribution in [0.5, 0.6) is 23.0 Å². The number of nitrogens with zero attached hydrogens (tertiary/aromatic N) is 1. The highest BCUT2D eigenvalue weighted by molar-refractivity contribution is 5.51. The minimum Gasteiger partial charge on any atom is -0.497 e. The Morgan fingerprint density at radius 3 is 2.09 bits per heavy atom. The molecule has 0 atom stereocenters. The number of rotatable bonds is 7. The summed E-state index contributed by atoms with van der Waals surface area (Å²) in [5.74, 6) is 1.80. The zero-order valence-electron chi connectivity index (χ0n) is 13.1. The molecule has 0 spiro atoms. The maximum absolute atomic E-state index is 11.2. The van der Waals surface area contributed by atoms with E-state index in [4.69, 9.17) is 18.9 Å². The maximum Gasteiger partial charge on any atom is 0.314 e. The van der Waals surface area contributed by atoms with E-state index < -0.39 is 4.92 Å². The molecule has 0 fully saturated rings. The molecule has 0 aliphatic carbocycles. The van der Waals surface area contributed by atoms with Crippen LogP contribution >= 0.6 is 0 Å². The highest BCUT2D eigenvalue weighted by Crippen LogP contribution is 2.33. The van der Waals surface area contributed by atoms with Gasteiger partial charge < -0.3 is 18.9 Å². The number of methoxy groups -OCH3 is 3. The van der Waals surface area contributed by atoms with Crippen LogP contribution in [0, 0.1) is 10.1 Å². The van der Waals surface area contributed by atoms with Crippen LogP contribution in [0.15, 0.2) is 36.4 Å². The Hall–Kier alpha value is -2.96. The quantitative estimate of drug-likeness (QED) is 0.576. The van der Waals surface area contributed by atoms with Crippen LogP contribution in [0.2, 0.25) is 0 Å². The molecule has 0 N–H and O–H groups in total. The van der Waals surface area contributed by atoms with Crippen LogP contribution in [0.3, 0.4) is 0 Å². The third kappa shape index (κ3) is 3.82. The lowest BCUT2D eigenvalue weighted by molar-refractivity contribution is -0.386. The fourth-order valence-electron chi connectivity index (χ4n) is 2.04. The normalized spacial score (nSPS) is 10.0. The molecule has 23 heavy (non-hydrogen) atoms. The first-order valence-electron chi connectivity index (χ1n) is 6.75. The molecular weight excluding hydrogens is 302 g/mol. The third-order valence-corrected chi connectivity index (χ3v) is 3.23. The van der Waals surface area contributed by atoms with E-state index in [9.17, 15) is 10.1 Å². The molecule has 0 radical (unpaired) electrons. The molecule has 7 heteroatoms. The van der Waals surface area contributed by atoms with Crippen LogP contribution < -0.4 is 18.9 Å². The van der Waals surface area contributed by atoms with Crippen molar-refractivity contribution in [3.05, 3.63) is 52.1 Å². The van der Waals surface area contributed by atoms with Crippen LogP contribution in [0.4, 0.5) is 5.69 Å². The second-order valence-electron chi connectivity index (χ2n) is 4.56. The molecule has 0 aliphatic rings. The van der Waals surface area contributed by atoms with Crippen molar-refractivity contribution >= 4 is 5.69 Å². The van der Waals surface area contributed by atoms with Crippen LogP contribution in [-0.4, -0.2) is 26.3 Å². The van der Waals surface area contributed by atoms with Gasteiger partial charge in [0.25, 0.3) is 0 Å². The summed E-state index contributed by atoms with van der Waals surface area (Å²) in [6, 6.07) is 9.69. The van der Waals surface area contributed by atoms with Gasteiger partial charge in [0, 0.05) is 5.56 Å². The second-order valence-corrected chi connectivity index (χ2v) is 4.56. The number of nitro benzene ring substituents is 1. The molecule has 0 aliphatic heterocycles. The summed E-state index contributed by atoms with van der Waals surface area (Å²) < 4.78 is 21.0. The van der Waals surface area contributed by atoms with Gasteiger partial charge in [-0.15, -0.1) is 0 Å². The second kappa shape index (κ2) is 7.35. The number of ether oxygens (including phenoxy) is 4. The molecule has 0 amide bonds. The predicted octanol–water partition coefficient (Wildman–Crippen LogP) is 3.20. The number of benzene rings is 2. The Bertz CT molecular complexity index is 701. The number of nitro groups is 1. The zero-order valence-corrected chi connectivity index (χ0v) is 13.1. The molecule has 0 bridgehead atoms. The average Bonchev–Trinajstić information content (AvgIpc) is 2.59. The van der Waals surface area contributed by atoms with Crippen molar-refractivity contribution in [2.24, 2.45) is 0 Å². The molecule has 0 saturated carbocycles. The minimum absolute atomic E-state index is 0.105. The lowest BCUT2D eigenvalue weighted by Crippen LogP contribution is -2.02. The molecule has 2 aromatic rings. The Balaban J connectivity index is 2.25. The summed E-state index contributed by atoms with van der Waals surface area (Å²) in [7, 11) is 4.54. The van der Waals surface area contributed by atoms with Crippen molar-refractivity contribution in [3.63, 3.8) is 0 Å². The van der Waals surface area contributed by atoms with Crippen molar-refractivity contribution in [3.8, 4) is 23.0 Å². The molecule has 0 unspecified atom stereocenters. The van der Waals surface area contributed by atoms with Crippen molar-refractivity contribution in [2.45, 2.75) is 6.61 Å². The first-order chi connectivity index (χ1) is 11.1. The van der Waals surface area contributed by atoms with Gasteiger partial charge in [0.15, 0.2) is 5.75 Å². The fraction of sp³-hybridized carbons (Fsp3) is 0.250. The van der Waals surface area contributed by atoms with E-state index in [0.29, 0.717) is 17.2 Å². The lowest BCUT2D eigenvalue weighted by atomic mass is 10.2. The van der Waals surface area contributed by atoms with E-state index in [1.165, 1.54) is 19.2 Å². The summed E-state index contributed by atoms with van der Waals surface area (Å²) in [4.78, 5) is 10.6. The molecule has 0 aromatic heterocycles. The van der Waals surface area contributed by atoms with Crippen LogP contribution in [0.25, 0.3) is 0 Å². The summed E-state index contributed by atoms with van der Waals surface area (Å²) in [6.45, 7) is 0.105. The largest absolute Gasteiger partial charge is 0.497 e. The van der Waals surface area contributed by atoms with E-state index in [-0.39, 0.29) is 18.0 Å². The Labute approximate surface area is 133 Å². The Morgan fingerprint density at radius 2 is 1.52 bits per heavy atom. The lowest BCUT2D eigenvalue weighted by Gasteiger charge is -2.12. The van der Waals surface area contributed by atoms with Crippen molar-refractivity contribution < 1.29 is 23.9 Å². The van der Waals surface area contributed by atoms with E-state index in [1.807, 2.05) is 0 Å². The molecule has 0 heterocycles. The van der Waals surface area contributed by atoms with Gasteiger partial charge in [-0.25, -0.2) is 0 Å². The summed E-state index contributed by atoms with van der Waals surface area (Å²) in [5.41, 5.74) is 0.558. The summed E-state index contributed by atoms with van der Waals surface area (Å²) >= 11 is 0. The van der Waals surface area contributed by atoms with Gasteiger partial charge in [0.05, 0.1) is 32.3 Å². The molecule has 0 saturated heterocycles. The maximum atomic E-state index is 11.2. The van der Waals surface area contributed by atoms with Gasteiger partial charge >= 0.3 is 5.69 Å². The monoisotopic (exact) mass is 319 g/mol. The van der Waals surface area contributed by atoms with Crippen molar-refractivity contribution in [1.29, 1.82) is 0 Å². The first-order valence-corrected chi connectivity index (χ1v) is 6.75. The molecular formula is C16H17NO6. The standard InChI is InChI=1S/C16H17NO6/c1-20-12-4-6-15(22-3)11(8-12)10-23-16-7-5-13(21-2)9-14(16)17(18)19/h4-9H,10H2,1-3H3. The van der Waals surface area contributed by atoms with Gasteiger partial charge in [-0.3, -0.25) is 10.1 Å². The third-order valence-electron chi connectivity index (χ3n) is 3.23. The first kappa shape index (κ1) is 16.4. The highest BCUT2D eigenvalue weighted by atomic mass is 16.6. The van der Waals surface area contributed by atoms with Gasteiger partial charge in [-0.05, 0) is 30.3 Å². The average molecular weight is 319 g/mol. The molecule has 2 aromatic carbocycles. The molecule has 7 nitrogen and oxygen atoms in total. The summed E-state index contributed by atoms with van der Waals surface area (Å²) in [5, 5.41) is 11.2. The SMILES string of the molecule is COc1ccc(OC)c(COc2ccc(OC)cc2[N+](=O)[O-])c1. The molecule has 2 rings (SSSR count). The minimum atomic E-state index is -0.513. The highest BCUT2D eigenvalue weighted by Gasteiger charge is 2.17. The molecule has 122 valence electrons. The predicted molar refractivity (Wildman–Crippen MR) is 83.5 cm³/mol. The van der Waals surface area contributed by atoms with Gasteiger partial charge in [0.2, 0.25) is 0 Å². The Morgan fingerprint density at radius 1 is 0.913 bits per heavy atom. The van der Waals surface area contributed by atoms with Crippen LogP contribution in [0.1, 0.15) is 5.56 Å². The van der Waals surface area contributed by atoms with E-state index >= 15 is 0 Å². The van der Waals surface area contributed by atoms with Gasteiger partial charge in [-0.2, -0.15) is 0 Å². The van der Waals surface area contributed by atoms with E-state index in [1.54, 1.807) is 38.5 Å². The van der Waals surface area contributed by atoms with Crippen molar-refractivity contribution in [2.75, 3.05) is 21.3 Å². The van der Waals surface area contributed by atoms with E-state index in [0.717, 1.165) is 5.56 Å². The Kier molecular flexibility index (Phi) is 5.24. The van der Waals surface area contributed by atoms with Crippen LogP contribution in [-0.2, 0) is 6.61 Å². The van der Waals surface area contributed by atoms with Crippen molar-refractivity contribution in [1.82, 2.24) is 0 Å². The zero-order chi connectivity index (χ0) is 16.8. The fourth-order valence-corrected chi connectivity index (χ4v) is 2.04. The topological polar surface area (TPSA) is 80.1 Å². The van der Waals surface area contributed by atoms with E-state index in [2.05, 4.69) is 0 Å².